The maximum atomic E-state index is 12.1. The fourth-order valence-corrected chi connectivity index (χ4v) is 5.46. The Morgan fingerprint density at radius 1 is 1.17 bits per heavy atom. The van der Waals surface area contributed by atoms with E-state index in [0.717, 1.165) is 19.3 Å². The molecule has 2 amide bonds. The number of urea groups is 1. The maximum absolute atomic E-state index is 12.1. The van der Waals surface area contributed by atoms with Crippen LogP contribution in [0.4, 0.5) is 4.79 Å². The van der Waals surface area contributed by atoms with Crippen LogP contribution in [0.1, 0.15) is 31.2 Å². The smallest absolute Gasteiger partial charge is 0.315 e. The average Bonchev–Trinajstić information content (AvgIpc) is 2.81. The molecule has 1 aromatic rings. The number of hydrogen-bond acceptors (Lipinski definition) is 3. The Morgan fingerprint density at radius 2 is 1.79 bits per heavy atom. The minimum Gasteiger partial charge on any atom is -0.338 e. The molecule has 2 aliphatic heterocycles. The summed E-state index contributed by atoms with van der Waals surface area (Å²) in [6, 6.07) is 9.99. The van der Waals surface area contributed by atoms with E-state index in [1.807, 2.05) is 30.3 Å². The van der Waals surface area contributed by atoms with E-state index in [-0.39, 0.29) is 24.2 Å². The van der Waals surface area contributed by atoms with Crippen molar-refractivity contribution in [1.29, 1.82) is 0 Å². The van der Waals surface area contributed by atoms with E-state index in [0.29, 0.717) is 19.4 Å². The number of hydrogen-bond donors (Lipinski definition) is 2. The molecule has 0 saturated carbocycles. The van der Waals surface area contributed by atoms with E-state index in [1.54, 1.807) is 4.31 Å². The van der Waals surface area contributed by atoms with Gasteiger partial charge in [0, 0.05) is 24.7 Å². The lowest BCUT2D eigenvalue weighted by molar-refractivity contribution is 0.199. The van der Waals surface area contributed by atoms with Gasteiger partial charge in [-0.05, 0) is 37.7 Å². The minimum atomic E-state index is -3.15. The van der Waals surface area contributed by atoms with E-state index < -0.39 is 10.0 Å². The second-order valence-electron chi connectivity index (χ2n) is 6.78. The fourth-order valence-electron chi connectivity index (χ4n) is 3.99. The first-order valence-corrected chi connectivity index (χ1v) is 10.3. The molecule has 2 fully saturated rings. The Balaban J connectivity index is 1.45. The average molecular weight is 351 g/mol. The molecule has 7 heteroatoms. The van der Waals surface area contributed by atoms with Crippen molar-refractivity contribution in [2.45, 2.75) is 50.2 Å². The van der Waals surface area contributed by atoms with Gasteiger partial charge in [-0.15, -0.1) is 0 Å². The highest BCUT2D eigenvalue weighted by Crippen LogP contribution is 2.37. The van der Waals surface area contributed by atoms with Crippen molar-refractivity contribution in [3.8, 4) is 0 Å². The minimum absolute atomic E-state index is 0.0355. The van der Waals surface area contributed by atoms with Crippen molar-refractivity contribution in [3.63, 3.8) is 0 Å². The molecule has 24 heavy (non-hydrogen) atoms. The number of amides is 2. The number of benzene rings is 1. The summed E-state index contributed by atoms with van der Waals surface area (Å²) in [5, 5.41) is 5.89. The number of rotatable bonds is 5. The van der Waals surface area contributed by atoms with Crippen LogP contribution in [0.3, 0.4) is 0 Å². The zero-order valence-electron chi connectivity index (χ0n) is 13.9. The summed E-state index contributed by atoms with van der Waals surface area (Å²) in [6.07, 6.45) is 5.27. The van der Waals surface area contributed by atoms with Crippen molar-refractivity contribution in [2.24, 2.45) is 0 Å². The highest BCUT2D eigenvalue weighted by atomic mass is 32.2. The van der Waals surface area contributed by atoms with Gasteiger partial charge in [-0.25, -0.2) is 13.2 Å². The van der Waals surface area contributed by atoms with Gasteiger partial charge in [0.15, 0.2) is 0 Å². The zero-order chi connectivity index (χ0) is 17.2. The van der Waals surface area contributed by atoms with Crippen LogP contribution in [-0.4, -0.2) is 49.7 Å². The molecule has 2 N–H and O–H groups in total. The second-order valence-corrected chi connectivity index (χ2v) is 8.67. The van der Waals surface area contributed by atoms with Crippen LogP contribution in [0.25, 0.3) is 0 Å². The summed E-state index contributed by atoms with van der Waals surface area (Å²) in [7, 11) is -3.15. The third kappa shape index (κ3) is 4.08. The van der Waals surface area contributed by atoms with Gasteiger partial charge < -0.3 is 10.6 Å². The van der Waals surface area contributed by atoms with Crippen LogP contribution in [0, 0.1) is 0 Å². The van der Waals surface area contributed by atoms with Gasteiger partial charge in [0.25, 0.3) is 0 Å². The summed E-state index contributed by atoms with van der Waals surface area (Å²) in [5.41, 5.74) is 1.19. The second kappa shape index (κ2) is 7.11. The summed E-state index contributed by atoms with van der Waals surface area (Å²) >= 11 is 0. The van der Waals surface area contributed by atoms with Crippen molar-refractivity contribution in [2.75, 3.05) is 12.8 Å². The van der Waals surface area contributed by atoms with Gasteiger partial charge in [0.05, 0.1) is 6.26 Å². The van der Waals surface area contributed by atoms with Crippen molar-refractivity contribution >= 4 is 16.1 Å². The van der Waals surface area contributed by atoms with Gasteiger partial charge >= 0.3 is 6.03 Å². The topological polar surface area (TPSA) is 78.5 Å². The first-order chi connectivity index (χ1) is 11.4. The third-order valence-electron chi connectivity index (χ3n) is 4.93. The molecular weight excluding hydrogens is 326 g/mol. The van der Waals surface area contributed by atoms with E-state index in [1.165, 1.54) is 11.8 Å². The lowest BCUT2D eigenvalue weighted by atomic mass is 10.00. The molecular formula is C17H25N3O3S. The Morgan fingerprint density at radius 3 is 2.38 bits per heavy atom. The molecule has 2 atom stereocenters. The number of nitrogens with zero attached hydrogens (tertiary/aromatic N) is 1. The van der Waals surface area contributed by atoms with E-state index >= 15 is 0 Å². The van der Waals surface area contributed by atoms with Crippen molar-refractivity contribution in [1.82, 2.24) is 14.9 Å². The Hall–Kier alpha value is -1.60. The lowest BCUT2D eigenvalue weighted by Gasteiger charge is -2.37. The number of nitrogens with one attached hydrogen (secondary N) is 2. The monoisotopic (exact) mass is 351 g/mol. The first-order valence-electron chi connectivity index (χ1n) is 8.50. The molecule has 2 saturated heterocycles. The largest absolute Gasteiger partial charge is 0.338 e. The molecule has 3 rings (SSSR count). The quantitative estimate of drug-likeness (QED) is 0.843. The van der Waals surface area contributed by atoms with Crippen LogP contribution < -0.4 is 10.6 Å². The molecule has 2 bridgehead atoms. The highest BCUT2D eigenvalue weighted by Gasteiger charge is 2.45. The lowest BCUT2D eigenvalue weighted by Crippen LogP contribution is -2.53. The van der Waals surface area contributed by atoms with Crippen LogP contribution in [0.5, 0.6) is 0 Å². The van der Waals surface area contributed by atoms with Gasteiger partial charge in [-0.2, -0.15) is 4.31 Å². The SMILES string of the molecule is CS(=O)(=O)N1C2CCC1CC(NC(=O)NCCc1ccccc1)C2. The zero-order valence-corrected chi connectivity index (χ0v) is 14.8. The molecule has 2 aliphatic rings. The predicted octanol–water partition coefficient (Wildman–Crippen LogP) is 1.48. The number of carbonyl (C=O) groups is 1. The first kappa shape index (κ1) is 17.2. The van der Waals surface area contributed by atoms with Crippen LogP contribution in [-0.2, 0) is 16.4 Å². The normalized spacial score (nSPS) is 27.0. The molecule has 132 valence electrons. The van der Waals surface area contributed by atoms with Gasteiger partial charge in [-0.1, -0.05) is 30.3 Å². The number of sulfonamides is 1. The van der Waals surface area contributed by atoms with Crippen molar-refractivity contribution in [3.05, 3.63) is 35.9 Å². The number of piperidine rings is 1. The molecule has 0 radical (unpaired) electrons. The molecule has 0 aliphatic carbocycles. The van der Waals surface area contributed by atoms with Crippen molar-refractivity contribution < 1.29 is 13.2 Å². The summed E-state index contributed by atoms with van der Waals surface area (Å²) in [4.78, 5) is 12.1. The summed E-state index contributed by atoms with van der Waals surface area (Å²) < 4.78 is 25.4. The molecule has 0 spiro atoms. The van der Waals surface area contributed by atoms with Crippen LogP contribution in [0.15, 0.2) is 30.3 Å². The number of carbonyl (C=O) groups excluding carboxylic acids is 1. The standard InChI is InChI=1S/C17H25N3O3S/c1-24(22,23)20-15-7-8-16(20)12-14(11-15)19-17(21)18-10-9-13-5-3-2-4-6-13/h2-6,14-16H,7-12H2,1H3,(H2,18,19,21). The van der Waals surface area contributed by atoms with E-state index in [4.69, 9.17) is 0 Å². The summed E-state index contributed by atoms with van der Waals surface area (Å²) in [5.74, 6) is 0. The molecule has 2 unspecified atom stereocenters. The Kier molecular flexibility index (Phi) is 5.10. The predicted molar refractivity (Wildman–Crippen MR) is 93.2 cm³/mol. The van der Waals surface area contributed by atoms with Gasteiger partial charge in [0.2, 0.25) is 10.0 Å². The van der Waals surface area contributed by atoms with Gasteiger partial charge in [-0.3, -0.25) is 0 Å². The fraction of sp³-hybridized carbons (Fsp3) is 0.588. The number of fused-ring (bicyclic) bond motifs is 2. The van der Waals surface area contributed by atoms with Crippen LogP contribution >= 0.6 is 0 Å². The Bertz CT molecular complexity index is 664. The van der Waals surface area contributed by atoms with Crippen LogP contribution in [0.2, 0.25) is 0 Å². The Labute approximate surface area is 143 Å². The third-order valence-corrected chi connectivity index (χ3v) is 6.29. The van der Waals surface area contributed by atoms with Gasteiger partial charge in [0.1, 0.15) is 0 Å². The van der Waals surface area contributed by atoms with E-state index in [2.05, 4.69) is 10.6 Å². The molecule has 2 heterocycles. The molecule has 0 aromatic heterocycles. The maximum Gasteiger partial charge on any atom is 0.315 e. The summed E-state index contributed by atoms with van der Waals surface area (Å²) in [6.45, 7) is 0.588. The molecule has 1 aromatic carbocycles. The molecule has 6 nitrogen and oxygen atoms in total. The van der Waals surface area contributed by atoms with E-state index in [9.17, 15) is 13.2 Å². The highest BCUT2D eigenvalue weighted by molar-refractivity contribution is 7.88.